The topological polar surface area (TPSA) is 34.0 Å². The van der Waals surface area contributed by atoms with Crippen molar-refractivity contribution in [2.24, 2.45) is 0 Å². The molecule has 3 aromatic heterocycles. The van der Waals surface area contributed by atoms with E-state index in [0.717, 1.165) is 56.0 Å². The summed E-state index contributed by atoms with van der Waals surface area (Å²) in [6, 6.07) is 83.4. The lowest BCUT2D eigenvalue weighted by Crippen LogP contribution is -2.16. The Labute approximate surface area is 410 Å². The molecule has 13 aromatic rings. The van der Waals surface area contributed by atoms with Crippen LogP contribution < -0.4 is 4.90 Å². The van der Waals surface area contributed by atoms with Gasteiger partial charge >= 0.3 is 0 Å². The molecule has 0 fully saturated rings. The maximum Gasteiger partial charge on any atom is 0.235 e. The third kappa shape index (κ3) is 6.15. The van der Waals surface area contributed by atoms with E-state index in [-0.39, 0.29) is 5.41 Å². The predicted octanol–water partition coefficient (Wildman–Crippen LogP) is 17.9. The van der Waals surface area contributed by atoms with Crippen molar-refractivity contribution in [3.8, 4) is 50.7 Å². The largest absolute Gasteiger partial charge is 0.309 e. The second kappa shape index (κ2) is 15.7. The molecule has 0 radical (unpaired) electrons. The van der Waals surface area contributed by atoms with E-state index in [2.05, 4.69) is 254 Å². The van der Waals surface area contributed by atoms with Gasteiger partial charge in [-0.1, -0.05) is 202 Å². The molecule has 0 N–H and O–H groups in total. The normalized spacial score (nSPS) is 12.8. The summed E-state index contributed by atoms with van der Waals surface area (Å²) in [5.41, 5.74) is 17.0. The van der Waals surface area contributed by atoms with Gasteiger partial charge < -0.3 is 4.90 Å². The summed E-state index contributed by atoms with van der Waals surface area (Å²) in [7, 11) is 0. The lowest BCUT2D eigenvalue weighted by atomic mass is 9.82. The number of hydrogen-bond donors (Lipinski definition) is 0. The maximum atomic E-state index is 5.43. The van der Waals surface area contributed by atoms with Crippen LogP contribution in [0.1, 0.15) is 25.0 Å². The van der Waals surface area contributed by atoms with Gasteiger partial charge in [0.25, 0.3) is 0 Å². The number of aromatic nitrogens is 3. The quantitative estimate of drug-likeness (QED) is 0.160. The molecular weight excluding hydrogens is 869 g/mol. The fourth-order valence-electron chi connectivity index (χ4n) is 11.3. The Kier molecular flexibility index (Phi) is 9.07. The monoisotopic (exact) mass is 912 g/mol. The van der Waals surface area contributed by atoms with Crippen molar-refractivity contribution in [2.45, 2.75) is 19.3 Å². The zero-order chi connectivity index (χ0) is 46.5. The van der Waals surface area contributed by atoms with Crippen LogP contribution in [0.2, 0.25) is 0 Å². The first-order valence-corrected chi connectivity index (χ1v) is 24.8. The number of hydrogen-bond acceptors (Lipinski definition) is 4. The first kappa shape index (κ1) is 40.4. The number of anilines is 3. The molecule has 1 aliphatic carbocycles. The van der Waals surface area contributed by atoms with Crippen molar-refractivity contribution in [3.05, 3.63) is 242 Å². The summed E-state index contributed by atoms with van der Waals surface area (Å²) >= 11 is 1.90. The molecule has 0 atom stereocenters. The fourth-order valence-corrected chi connectivity index (χ4v) is 12.7. The standard InChI is InChI=1S/C65H44N4S/c1-65(2)53-30-16-14-25-47(53)48-38-37-46(39-54(48)65)68(45-35-33-42(34-36-45)41-19-6-3-7-20-41)58-32-18-29-52-60-59-51-28-15-17-31-57(51)69(61(59)49-26-12-13-27-50(49)63(60)70-62(52)58)64-66-55(43-21-8-4-9-22-43)40-56(67-64)44-23-10-5-11-24-44/h3-40H,1-2H3. The second-order valence-corrected chi connectivity index (χ2v) is 19.9. The number of nitrogens with zero attached hydrogens (tertiary/aromatic N) is 4. The van der Waals surface area contributed by atoms with Crippen LogP contribution in [0.3, 0.4) is 0 Å². The van der Waals surface area contributed by atoms with Crippen LogP contribution in [0, 0.1) is 0 Å². The predicted molar refractivity (Wildman–Crippen MR) is 295 cm³/mol. The highest BCUT2D eigenvalue weighted by Crippen LogP contribution is 2.54. The average molecular weight is 913 g/mol. The third-order valence-electron chi connectivity index (χ3n) is 14.6. The average Bonchev–Trinajstić information content (AvgIpc) is 4.06. The third-order valence-corrected chi connectivity index (χ3v) is 15.9. The van der Waals surface area contributed by atoms with Crippen molar-refractivity contribution in [1.29, 1.82) is 0 Å². The molecule has 4 nitrogen and oxygen atoms in total. The molecule has 0 spiro atoms. The van der Waals surface area contributed by atoms with E-state index >= 15 is 0 Å². The Morgan fingerprint density at radius 1 is 0.414 bits per heavy atom. The first-order valence-electron chi connectivity index (χ1n) is 24.0. The zero-order valence-electron chi connectivity index (χ0n) is 38.6. The molecule has 0 bridgehead atoms. The van der Waals surface area contributed by atoms with Crippen LogP contribution in [-0.4, -0.2) is 14.5 Å². The molecule has 70 heavy (non-hydrogen) atoms. The molecule has 0 aliphatic heterocycles. The molecule has 0 amide bonds. The summed E-state index contributed by atoms with van der Waals surface area (Å²) in [6.07, 6.45) is 0. The Morgan fingerprint density at radius 2 is 0.971 bits per heavy atom. The van der Waals surface area contributed by atoms with Crippen molar-refractivity contribution in [2.75, 3.05) is 4.90 Å². The lowest BCUT2D eigenvalue weighted by Gasteiger charge is -2.28. The molecule has 3 heterocycles. The number of rotatable bonds is 7. The van der Waals surface area contributed by atoms with Crippen LogP contribution in [0.25, 0.3) is 103 Å². The molecule has 14 rings (SSSR count). The minimum Gasteiger partial charge on any atom is -0.309 e. The number of fused-ring (bicyclic) bond motifs is 13. The molecular formula is C65H44N4S. The second-order valence-electron chi connectivity index (χ2n) is 18.9. The lowest BCUT2D eigenvalue weighted by molar-refractivity contribution is 0.660. The van der Waals surface area contributed by atoms with Crippen LogP contribution in [0.4, 0.5) is 17.1 Å². The van der Waals surface area contributed by atoms with Gasteiger partial charge in [0.1, 0.15) is 0 Å². The molecule has 1 aliphatic rings. The van der Waals surface area contributed by atoms with Crippen molar-refractivity contribution >= 4 is 81.1 Å². The van der Waals surface area contributed by atoms with Gasteiger partial charge in [0.15, 0.2) is 0 Å². The van der Waals surface area contributed by atoms with Gasteiger partial charge in [-0.05, 0) is 75.8 Å². The minimum absolute atomic E-state index is 0.153. The van der Waals surface area contributed by atoms with Crippen molar-refractivity contribution in [3.63, 3.8) is 0 Å². The van der Waals surface area contributed by atoms with E-state index in [9.17, 15) is 0 Å². The summed E-state index contributed by atoms with van der Waals surface area (Å²) in [6.45, 7) is 4.73. The Morgan fingerprint density at radius 3 is 1.69 bits per heavy atom. The van der Waals surface area contributed by atoms with Gasteiger partial charge in [0.05, 0.1) is 32.8 Å². The Balaban J connectivity index is 1.05. The summed E-state index contributed by atoms with van der Waals surface area (Å²) in [5.74, 6) is 0.642. The Hall–Kier alpha value is -8.64. The molecule has 0 unspecified atom stereocenters. The Bertz CT molecular complexity index is 4130. The van der Waals surface area contributed by atoms with Gasteiger partial charge in [-0.15, -0.1) is 11.3 Å². The van der Waals surface area contributed by atoms with Gasteiger partial charge in [-0.2, -0.15) is 0 Å². The van der Waals surface area contributed by atoms with Gasteiger partial charge in [-0.3, -0.25) is 4.57 Å². The van der Waals surface area contributed by atoms with E-state index in [1.165, 1.54) is 69.7 Å². The first-order chi connectivity index (χ1) is 34.5. The number of benzene rings is 10. The van der Waals surface area contributed by atoms with Crippen LogP contribution >= 0.6 is 11.3 Å². The van der Waals surface area contributed by atoms with Gasteiger partial charge in [-0.25, -0.2) is 9.97 Å². The van der Waals surface area contributed by atoms with Gasteiger partial charge in [0, 0.05) is 64.9 Å². The summed E-state index contributed by atoms with van der Waals surface area (Å²) < 4.78 is 4.82. The molecule has 5 heteroatoms. The minimum atomic E-state index is -0.153. The van der Waals surface area contributed by atoms with Gasteiger partial charge in [0.2, 0.25) is 5.95 Å². The maximum absolute atomic E-state index is 5.43. The van der Waals surface area contributed by atoms with E-state index < -0.39 is 0 Å². The number of para-hydroxylation sites is 1. The summed E-state index contributed by atoms with van der Waals surface area (Å²) in [5, 5.41) is 7.22. The SMILES string of the molecule is CC1(C)c2ccccc2-c2ccc(N(c3ccc(-c4ccccc4)cc3)c3cccc4c3sc3c5ccccc5c5c(c6ccccc6n5-c5nc(-c6ccccc6)cc(-c6ccccc6)n5)c43)cc21. The summed E-state index contributed by atoms with van der Waals surface area (Å²) in [4.78, 5) is 13.4. The highest BCUT2D eigenvalue weighted by atomic mass is 32.1. The van der Waals surface area contributed by atoms with Crippen LogP contribution in [0.5, 0.6) is 0 Å². The van der Waals surface area contributed by atoms with E-state index in [0.29, 0.717) is 5.95 Å². The van der Waals surface area contributed by atoms with Crippen LogP contribution in [0.15, 0.2) is 231 Å². The van der Waals surface area contributed by atoms with E-state index in [1.807, 2.05) is 11.3 Å². The molecule has 10 aromatic carbocycles. The highest BCUT2D eigenvalue weighted by molar-refractivity contribution is 7.27. The smallest absolute Gasteiger partial charge is 0.235 e. The van der Waals surface area contributed by atoms with Crippen molar-refractivity contribution in [1.82, 2.24) is 14.5 Å². The van der Waals surface area contributed by atoms with Crippen molar-refractivity contribution < 1.29 is 0 Å². The number of thiophene rings is 1. The van der Waals surface area contributed by atoms with Crippen LogP contribution in [-0.2, 0) is 5.41 Å². The van der Waals surface area contributed by atoms with E-state index in [1.54, 1.807) is 0 Å². The van der Waals surface area contributed by atoms with E-state index in [4.69, 9.17) is 9.97 Å². The highest BCUT2D eigenvalue weighted by Gasteiger charge is 2.36. The zero-order valence-corrected chi connectivity index (χ0v) is 39.5. The molecule has 330 valence electrons. The fraction of sp³-hybridized carbons (Fsp3) is 0.0462. The molecule has 0 saturated carbocycles. The molecule has 0 saturated heterocycles.